The highest BCUT2D eigenvalue weighted by atomic mass is 19.1. The molecule has 1 aromatic rings. The summed E-state index contributed by atoms with van der Waals surface area (Å²) >= 11 is 0. The van der Waals surface area contributed by atoms with Crippen LogP contribution in [0.25, 0.3) is 0 Å². The Morgan fingerprint density at radius 3 is 2.68 bits per heavy atom. The standard InChI is InChI=1S/C15H24FN3/c1-18(2)15(13-4-3-5-14(16)12-13)6-9-19-10-7-17-8-11-19/h3-5,12,15,17H,6-11H2,1-2H3. The lowest BCUT2D eigenvalue weighted by molar-refractivity contribution is 0.199. The fourth-order valence-corrected chi connectivity index (χ4v) is 2.68. The van der Waals surface area contributed by atoms with Gasteiger partial charge >= 0.3 is 0 Å². The van der Waals surface area contributed by atoms with Crippen LogP contribution in [0.4, 0.5) is 4.39 Å². The molecule has 0 saturated carbocycles. The molecule has 0 spiro atoms. The van der Waals surface area contributed by atoms with Gasteiger partial charge in [-0.05, 0) is 38.2 Å². The molecule has 2 rings (SSSR count). The number of piperazine rings is 1. The molecule has 0 amide bonds. The number of nitrogens with one attached hydrogen (secondary N) is 1. The first-order valence-electron chi connectivity index (χ1n) is 7.02. The lowest BCUT2D eigenvalue weighted by Crippen LogP contribution is -2.44. The molecule has 1 saturated heterocycles. The lowest BCUT2D eigenvalue weighted by atomic mass is 10.0. The third-order valence-electron chi connectivity index (χ3n) is 3.79. The SMILES string of the molecule is CN(C)C(CCN1CCNCC1)c1cccc(F)c1. The predicted molar refractivity (Wildman–Crippen MR) is 76.8 cm³/mol. The largest absolute Gasteiger partial charge is 0.314 e. The molecule has 3 nitrogen and oxygen atoms in total. The van der Waals surface area contributed by atoms with Gasteiger partial charge in [-0.25, -0.2) is 4.39 Å². The maximum atomic E-state index is 13.3. The monoisotopic (exact) mass is 265 g/mol. The molecule has 1 aliphatic heterocycles. The van der Waals surface area contributed by atoms with Crippen molar-refractivity contribution in [3.8, 4) is 0 Å². The molecule has 106 valence electrons. The minimum atomic E-state index is -0.147. The van der Waals surface area contributed by atoms with Crippen LogP contribution in [-0.2, 0) is 0 Å². The van der Waals surface area contributed by atoms with Crippen LogP contribution >= 0.6 is 0 Å². The van der Waals surface area contributed by atoms with Gasteiger partial charge in [0, 0.05) is 38.8 Å². The molecule has 19 heavy (non-hydrogen) atoms. The summed E-state index contributed by atoms with van der Waals surface area (Å²) in [5.74, 6) is -0.147. The highest BCUT2D eigenvalue weighted by Crippen LogP contribution is 2.23. The van der Waals surface area contributed by atoms with Crippen LogP contribution < -0.4 is 5.32 Å². The van der Waals surface area contributed by atoms with Crippen molar-refractivity contribution in [3.63, 3.8) is 0 Å². The van der Waals surface area contributed by atoms with Crippen LogP contribution in [-0.4, -0.2) is 56.6 Å². The molecule has 4 heteroatoms. The molecule has 1 atom stereocenters. The number of benzene rings is 1. The smallest absolute Gasteiger partial charge is 0.123 e. The molecule has 0 bridgehead atoms. The van der Waals surface area contributed by atoms with Gasteiger partial charge in [0.25, 0.3) is 0 Å². The van der Waals surface area contributed by atoms with Crippen molar-refractivity contribution in [1.29, 1.82) is 0 Å². The fourth-order valence-electron chi connectivity index (χ4n) is 2.68. The van der Waals surface area contributed by atoms with E-state index >= 15 is 0 Å². The Hall–Kier alpha value is -0.970. The first-order valence-corrected chi connectivity index (χ1v) is 7.02. The zero-order chi connectivity index (χ0) is 13.7. The van der Waals surface area contributed by atoms with E-state index in [9.17, 15) is 4.39 Å². The third-order valence-corrected chi connectivity index (χ3v) is 3.79. The van der Waals surface area contributed by atoms with E-state index in [0.29, 0.717) is 0 Å². The molecule has 1 N–H and O–H groups in total. The van der Waals surface area contributed by atoms with Crippen molar-refractivity contribution >= 4 is 0 Å². The quantitative estimate of drug-likeness (QED) is 0.874. The van der Waals surface area contributed by atoms with Gasteiger partial charge in [0.2, 0.25) is 0 Å². The Kier molecular flexibility index (Phi) is 5.31. The summed E-state index contributed by atoms with van der Waals surface area (Å²) in [6.07, 6.45) is 1.04. The Bertz CT molecular complexity index is 389. The van der Waals surface area contributed by atoms with E-state index in [4.69, 9.17) is 0 Å². The van der Waals surface area contributed by atoms with Crippen LogP contribution in [0.1, 0.15) is 18.0 Å². The second-order valence-corrected chi connectivity index (χ2v) is 5.41. The van der Waals surface area contributed by atoms with E-state index in [1.54, 1.807) is 12.1 Å². The molecular weight excluding hydrogens is 241 g/mol. The van der Waals surface area contributed by atoms with Crippen LogP contribution in [0, 0.1) is 5.82 Å². The topological polar surface area (TPSA) is 18.5 Å². The number of halogens is 1. The second-order valence-electron chi connectivity index (χ2n) is 5.41. The van der Waals surface area contributed by atoms with Crippen molar-refractivity contribution in [2.75, 3.05) is 46.8 Å². The average molecular weight is 265 g/mol. The Balaban J connectivity index is 1.96. The summed E-state index contributed by atoms with van der Waals surface area (Å²) in [4.78, 5) is 4.66. The van der Waals surface area contributed by atoms with Crippen molar-refractivity contribution < 1.29 is 4.39 Å². The maximum Gasteiger partial charge on any atom is 0.123 e. The van der Waals surface area contributed by atoms with Crippen molar-refractivity contribution in [2.24, 2.45) is 0 Å². The molecule has 1 unspecified atom stereocenters. The van der Waals surface area contributed by atoms with Gasteiger partial charge in [-0.3, -0.25) is 0 Å². The van der Waals surface area contributed by atoms with Crippen molar-refractivity contribution in [3.05, 3.63) is 35.6 Å². The second kappa shape index (κ2) is 6.98. The van der Waals surface area contributed by atoms with Crippen LogP contribution in [0.2, 0.25) is 0 Å². The molecular formula is C15H24FN3. The van der Waals surface area contributed by atoms with Gasteiger partial charge in [-0.2, -0.15) is 0 Å². The van der Waals surface area contributed by atoms with Crippen molar-refractivity contribution in [1.82, 2.24) is 15.1 Å². The minimum absolute atomic E-state index is 0.147. The van der Waals surface area contributed by atoms with Crippen molar-refractivity contribution in [2.45, 2.75) is 12.5 Å². The number of nitrogens with zero attached hydrogens (tertiary/aromatic N) is 2. The van der Waals surface area contributed by atoms with Gasteiger partial charge < -0.3 is 15.1 Å². The summed E-state index contributed by atoms with van der Waals surface area (Å²) in [5, 5.41) is 3.36. The van der Waals surface area contributed by atoms with Gasteiger partial charge in [-0.15, -0.1) is 0 Å². The highest BCUT2D eigenvalue weighted by molar-refractivity contribution is 5.20. The van der Waals surface area contributed by atoms with E-state index in [0.717, 1.165) is 44.7 Å². The summed E-state index contributed by atoms with van der Waals surface area (Å²) < 4.78 is 13.3. The van der Waals surface area contributed by atoms with Crippen LogP contribution in [0.3, 0.4) is 0 Å². The Labute approximate surface area is 115 Å². The highest BCUT2D eigenvalue weighted by Gasteiger charge is 2.17. The molecule has 0 radical (unpaired) electrons. The Morgan fingerprint density at radius 1 is 1.32 bits per heavy atom. The van der Waals surface area contributed by atoms with Gasteiger partial charge in [-0.1, -0.05) is 12.1 Å². The average Bonchev–Trinajstić information content (AvgIpc) is 2.40. The first kappa shape index (κ1) is 14.4. The summed E-state index contributed by atoms with van der Waals surface area (Å²) in [7, 11) is 4.13. The molecule has 1 fully saturated rings. The molecule has 1 aromatic carbocycles. The zero-order valence-corrected chi connectivity index (χ0v) is 11.9. The fraction of sp³-hybridized carbons (Fsp3) is 0.600. The summed E-state index contributed by atoms with van der Waals surface area (Å²) in [6.45, 7) is 5.45. The number of hydrogen-bond donors (Lipinski definition) is 1. The Morgan fingerprint density at radius 2 is 2.05 bits per heavy atom. The van der Waals surface area contributed by atoms with Gasteiger partial charge in [0.1, 0.15) is 5.82 Å². The minimum Gasteiger partial charge on any atom is -0.314 e. The van der Waals surface area contributed by atoms with Crippen LogP contribution in [0.5, 0.6) is 0 Å². The predicted octanol–water partition coefficient (Wildman–Crippen LogP) is 1.72. The first-order chi connectivity index (χ1) is 9.16. The van der Waals surface area contributed by atoms with E-state index in [1.807, 2.05) is 6.07 Å². The maximum absolute atomic E-state index is 13.3. The number of rotatable bonds is 5. The van der Waals surface area contributed by atoms with E-state index in [2.05, 4.69) is 29.2 Å². The zero-order valence-electron chi connectivity index (χ0n) is 11.9. The van der Waals surface area contributed by atoms with Gasteiger partial charge in [0.05, 0.1) is 0 Å². The van der Waals surface area contributed by atoms with Gasteiger partial charge in [0.15, 0.2) is 0 Å². The lowest BCUT2D eigenvalue weighted by Gasteiger charge is -2.31. The number of hydrogen-bond acceptors (Lipinski definition) is 3. The molecule has 0 aromatic heterocycles. The normalized spacial score (nSPS) is 18.7. The van der Waals surface area contributed by atoms with E-state index in [1.165, 1.54) is 6.07 Å². The molecule has 1 heterocycles. The molecule has 1 aliphatic rings. The summed E-state index contributed by atoms with van der Waals surface area (Å²) in [6, 6.07) is 7.26. The van der Waals surface area contributed by atoms with Crippen LogP contribution in [0.15, 0.2) is 24.3 Å². The third kappa shape index (κ3) is 4.27. The van der Waals surface area contributed by atoms with E-state index < -0.39 is 0 Å². The summed E-state index contributed by atoms with van der Waals surface area (Å²) in [5.41, 5.74) is 1.07. The van der Waals surface area contributed by atoms with E-state index in [-0.39, 0.29) is 11.9 Å². The molecule has 0 aliphatic carbocycles.